The zero-order valence-corrected chi connectivity index (χ0v) is 10.1. The van der Waals surface area contributed by atoms with E-state index in [9.17, 15) is 4.79 Å². The molecule has 0 aliphatic rings. The van der Waals surface area contributed by atoms with E-state index in [2.05, 4.69) is 5.16 Å². The lowest BCUT2D eigenvalue weighted by Crippen LogP contribution is -1.99. The van der Waals surface area contributed by atoms with Crippen molar-refractivity contribution in [3.8, 4) is 11.3 Å². The number of aryl methyl sites for hydroxylation is 2. The third-order valence-electron chi connectivity index (χ3n) is 2.46. The van der Waals surface area contributed by atoms with Crippen molar-refractivity contribution in [3.63, 3.8) is 0 Å². The molecule has 1 aromatic heterocycles. The van der Waals surface area contributed by atoms with Gasteiger partial charge in [0.2, 0.25) is 0 Å². The van der Waals surface area contributed by atoms with Gasteiger partial charge in [0.25, 0.3) is 0 Å². The summed E-state index contributed by atoms with van der Waals surface area (Å²) in [7, 11) is 0. The SMILES string of the molecule is Cc1ccc(-c2noc(C)c2C(=O)O)c(Cl)c1. The average molecular weight is 252 g/mol. The standard InChI is InChI=1S/C12H10ClNO3/c1-6-3-4-8(9(13)5-6)11-10(12(15)16)7(2)17-14-11/h3-5H,1-2H3,(H,15,16). The summed E-state index contributed by atoms with van der Waals surface area (Å²) < 4.78 is 4.91. The van der Waals surface area contributed by atoms with Crippen molar-refractivity contribution in [2.75, 3.05) is 0 Å². The Morgan fingerprint density at radius 3 is 2.71 bits per heavy atom. The lowest BCUT2D eigenvalue weighted by Gasteiger charge is -2.02. The molecule has 0 radical (unpaired) electrons. The molecule has 0 saturated carbocycles. The topological polar surface area (TPSA) is 63.3 Å². The molecule has 5 heteroatoms. The van der Waals surface area contributed by atoms with Gasteiger partial charge in [-0.2, -0.15) is 0 Å². The fourth-order valence-electron chi connectivity index (χ4n) is 1.62. The van der Waals surface area contributed by atoms with Crippen LogP contribution in [0.25, 0.3) is 11.3 Å². The number of aromatic nitrogens is 1. The molecule has 0 atom stereocenters. The molecule has 88 valence electrons. The predicted molar refractivity (Wildman–Crippen MR) is 63.4 cm³/mol. The fraction of sp³-hybridized carbons (Fsp3) is 0.167. The van der Waals surface area contributed by atoms with Gasteiger partial charge in [-0.3, -0.25) is 0 Å². The molecule has 0 saturated heterocycles. The molecule has 17 heavy (non-hydrogen) atoms. The van der Waals surface area contributed by atoms with Gasteiger partial charge in [-0.25, -0.2) is 4.79 Å². The smallest absolute Gasteiger partial charge is 0.341 e. The van der Waals surface area contributed by atoms with E-state index < -0.39 is 5.97 Å². The summed E-state index contributed by atoms with van der Waals surface area (Å²) in [5.41, 5.74) is 1.87. The van der Waals surface area contributed by atoms with Crippen molar-refractivity contribution in [1.82, 2.24) is 5.16 Å². The van der Waals surface area contributed by atoms with Gasteiger partial charge >= 0.3 is 5.97 Å². The Hall–Kier alpha value is -1.81. The largest absolute Gasteiger partial charge is 0.477 e. The molecule has 1 heterocycles. The van der Waals surface area contributed by atoms with Crippen LogP contribution in [0.3, 0.4) is 0 Å². The molecule has 0 aliphatic heterocycles. The van der Waals surface area contributed by atoms with Crippen molar-refractivity contribution < 1.29 is 14.4 Å². The quantitative estimate of drug-likeness (QED) is 0.889. The van der Waals surface area contributed by atoms with Crippen molar-refractivity contribution >= 4 is 17.6 Å². The van der Waals surface area contributed by atoms with Crippen LogP contribution in [0.5, 0.6) is 0 Å². The van der Waals surface area contributed by atoms with E-state index in [1.165, 1.54) is 0 Å². The maximum Gasteiger partial charge on any atom is 0.341 e. The van der Waals surface area contributed by atoms with E-state index in [1.54, 1.807) is 19.1 Å². The second-order valence-electron chi connectivity index (χ2n) is 3.75. The zero-order chi connectivity index (χ0) is 12.6. The summed E-state index contributed by atoms with van der Waals surface area (Å²) in [5.74, 6) is -0.806. The maximum absolute atomic E-state index is 11.1. The molecular weight excluding hydrogens is 242 g/mol. The van der Waals surface area contributed by atoms with Crippen LogP contribution in [-0.4, -0.2) is 16.2 Å². The first-order chi connectivity index (χ1) is 8.00. The van der Waals surface area contributed by atoms with Gasteiger partial charge in [0.05, 0.1) is 5.02 Å². The van der Waals surface area contributed by atoms with Crippen molar-refractivity contribution in [2.45, 2.75) is 13.8 Å². The number of aromatic carboxylic acids is 1. The van der Waals surface area contributed by atoms with Gasteiger partial charge in [-0.05, 0) is 25.5 Å². The molecule has 0 aliphatic carbocycles. The molecule has 1 N–H and O–H groups in total. The normalized spacial score (nSPS) is 10.5. The molecule has 0 amide bonds. The first kappa shape index (κ1) is 11.7. The number of nitrogens with zero attached hydrogens (tertiary/aromatic N) is 1. The molecule has 2 rings (SSSR count). The highest BCUT2D eigenvalue weighted by Crippen LogP contribution is 2.31. The van der Waals surface area contributed by atoms with Crippen LogP contribution >= 0.6 is 11.6 Å². The summed E-state index contributed by atoms with van der Waals surface area (Å²) in [6.45, 7) is 3.46. The van der Waals surface area contributed by atoms with Gasteiger partial charge in [0.1, 0.15) is 17.0 Å². The minimum Gasteiger partial charge on any atom is -0.477 e. The molecule has 0 spiro atoms. The van der Waals surface area contributed by atoms with E-state index in [0.717, 1.165) is 5.56 Å². The highest BCUT2D eigenvalue weighted by Gasteiger charge is 2.22. The fourth-order valence-corrected chi connectivity index (χ4v) is 1.94. The minimum atomic E-state index is -1.07. The highest BCUT2D eigenvalue weighted by molar-refractivity contribution is 6.33. The number of carboxylic acids is 1. The average Bonchev–Trinajstić information content (AvgIpc) is 2.60. The Morgan fingerprint density at radius 2 is 2.12 bits per heavy atom. The lowest BCUT2D eigenvalue weighted by molar-refractivity contribution is 0.0696. The predicted octanol–water partition coefficient (Wildman–Crippen LogP) is 3.31. The van der Waals surface area contributed by atoms with E-state index >= 15 is 0 Å². The van der Waals surface area contributed by atoms with E-state index in [-0.39, 0.29) is 17.0 Å². The monoisotopic (exact) mass is 251 g/mol. The van der Waals surface area contributed by atoms with E-state index in [1.807, 2.05) is 13.0 Å². The molecule has 0 bridgehead atoms. The van der Waals surface area contributed by atoms with Crippen molar-refractivity contribution in [1.29, 1.82) is 0 Å². The number of hydrogen-bond donors (Lipinski definition) is 1. The summed E-state index contributed by atoms with van der Waals surface area (Å²) in [6, 6.07) is 5.34. The van der Waals surface area contributed by atoms with E-state index in [0.29, 0.717) is 10.6 Å². The van der Waals surface area contributed by atoms with Crippen LogP contribution in [-0.2, 0) is 0 Å². The molecule has 0 unspecified atom stereocenters. The van der Waals surface area contributed by atoms with Crippen LogP contribution in [0.1, 0.15) is 21.7 Å². The van der Waals surface area contributed by atoms with Crippen LogP contribution < -0.4 is 0 Å². The zero-order valence-electron chi connectivity index (χ0n) is 9.32. The van der Waals surface area contributed by atoms with Gasteiger partial charge in [-0.1, -0.05) is 28.9 Å². The number of benzene rings is 1. The van der Waals surface area contributed by atoms with Gasteiger partial charge in [0, 0.05) is 5.56 Å². The first-order valence-corrected chi connectivity index (χ1v) is 5.34. The summed E-state index contributed by atoms with van der Waals surface area (Å²) >= 11 is 6.08. The van der Waals surface area contributed by atoms with Crippen LogP contribution in [0.2, 0.25) is 5.02 Å². The number of carbonyl (C=O) groups is 1. The van der Waals surface area contributed by atoms with Crippen molar-refractivity contribution in [2.24, 2.45) is 0 Å². The summed E-state index contributed by atoms with van der Waals surface area (Å²) in [4.78, 5) is 11.1. The van der Waals surface area contributed by atoms with Gasteiger partial charge in [-0.15, -0.1) is 0 Å². The molecule has 0 fully saturated rings. The van der Waals surface area contributed by atoms with Crippen molar-refractivity contribution in [3.05, 3.63) is 40.1 Å². The molecular formula is C12H10ClNO3. The van der Waals surface area contributed by atoms with E-state index in [4.69, 9.17) is 21.2 Å². The van der Waals surface area contributed by atoms with Gasteiger partial charge in [0.15, 0.2) is 0 Å². The Kier molecular flexibility index (Phi) is 2.90. The Bertz CT molecular complexity index is 589. The number of hydrogen-bond acceptors (Lipinski definition) is 3. The number of carboxylic acid groups (broad SMARTS) is 1. The number of halogens is 1. The van der Waals surface area contributed by atoms with Crippen LogP contribution in [0.4, 0.5) is 0 Å². The molecule has 4 nitrogen and oxygen atoms in total. The highest BCUT2D eigenvalue weighted by atomic mass is 35.5. The third-order valence-corrected chi connectivity index (χ3v) is 2.77. The Balaban J connectivity index is 2.65. The Morgan fingerprint density at radius 1 is 1.41 bits per heavy atom. The second-order valence-corrected chi connectivity index (χ2v) is 4.16. The lowest BCUT2D eigenvalue weighted by atomic mass is 10.0. The van der Waals surface area contributed by atoms with Gasteiger partial charge < -0.3 is 9.63 Å². The first-order valence-electron chi connectivity index (χ1n) is 4.97. The molecule has 1 aromatic carbocycles. The summed E-state index contributed by atoms with van der Waals surface area (Å²) in [5, 5.41) is 13.3. The minimum absolute atomic E-state index is 0.0516. The number of rotatable bonds is 2. The van der Waals surface area contributed by atoms with Crippen LogP contribution in [0.15, 0.2) is 22.7 Å². The maximum atomic E-state index is 11.1. The Labute approximate surface area is 103 Å². The summed E-state index contributed by atoms with van der Waals surface area (Å²) in [6.07, 6.45) is 0. The molecule has 2 aromatic rings. The van der Waals surface area contributed by atoms with Crippen LogP contribution in [0, 0.1) is 13.8 Å². The third kappa shape index (κ3) is 2.03. The second kappa shape index (κ2) is 4.22.